The highest BCUT2D eigenvalue weighted by Gasteiger charge is 2.33. The summed E-state index contributed by atoms with van der Waals surface area (Å²) >= 11 is 8.32. The Morgan fingerprint density at radius 3 is 2.71 bits per heavy atom. The molecule has 1 aliphatic heterocycles. The molecule has 1 aromatic rings. The number of hydrogen-bond donors (Lipinski definition) is 1. The van der Waals surface area contributed by atoms with Crippen LogP contribution in [-0.2, 0) is 4.74 Å². The van der Waals surface area contributed by atoms with E-state index in [0.717, 1.165) is 26.8 Å². The van der Waals surface area contributed by atoms with Gasteiger partial charge in [-0.05, 0) is 40.9 Å². The number of halogens is 2. The SMILES string of the molecule is O=C(NC1(CBr)CCOCC1)c1ccc(Br)s1. The zero-order valence-electron chi connectivity index (χ0n) is 9.17. The Kier molecular flexibility index (Phi) is 4.63. The molecule has 0 unspecified atom stereocenters. The molecule has 0 aromatic carbocycles. The normalized spacial score (nSPS) is 18.9. The van der Waals surface area contributed by atoms with E-state index in [1.54, 1.807) is 0 Å². The van der Waals surface area contributed by atoms with Crippen LogP contribution in [0.3, 0.4) is 0 Å². The molecular formula is C11H13Br2NO2S. The van der Waals surface area contributed by atoms with Crippen LogP contribution in [0.2, 0.25) is 0 Å². The summed E-state index contributed by atoms with van der Waals surface area (Å²) in [6.07, 6.45) is 1.72. The van der Waals surface area contributed by atoms with Gasteiger partial charge in [0.05, 0.1) is 14.2 Å². The maximum absolute atomic E-state index is 12.1. The Balaban J connectivity index is 2.05. The largest absolute Gasteiger partial charge is 0.381 e. The number of amides is 1. The Labute approximate surface area is 121 Å². The number of nitrogens with one attached hydrogen (secondary N) is 1. The predicted octanol–water partition coefficient (Wildman–Crippen LogP) is 3.18. The quantitative estimate of drug-likeness (QED) is 0.815. The third-order valence-corrected chi connectivity index (χ3v) is 5.58. The third kappa shape index (κ3) is 3.30. The first-order chi connectivity index (χ1) is 8.15. The van der Waals surface area contributed by atoms with E-state index in [1.165, 1.54) is 11.3 Å². The van der Waals surface area contributed by atoms with E-state index in [0.29, 0.717) is 13.2 Å². The van der Waals surface area contributed by atoms with Crippen LogP contribution in [0.25, 0.3) is 0 Å². The standard InChI is InChI=1S/C11H13Br2NO2S/c12-7-11(3-5-16-6-4-11)14-10(15)8-1-2-9(13)17-8/h1-2H,3-7H2,(H,14,15). The molecule has 0 aliphatic carbocycles. The highest BCUT2D eigenvalue weighted by atomic mass is 79.9. The van der Waals surface area contributed by atoms with Crippen LogP contribution in [0.15, 0.2) is 15.9 Å². The van der Waals surface area contributed by atoms with E-state index in [9.17, 15) is 4.79 Å². The van der Waals surface area contributed by atoms with Crippen molar-refractivity contribution < 1.29 is 9.53 Å². The molecule has 0 saturated carbocycles. The maximum atomic E-state index is 12.1. The fourth-order valence-electron chi connectivity index (χ4n) is 1.79. The van der Waals surface area contributed by atoms with Gasteiger partial charge in [-0.25, -0.2) is 0 Å². The zero-order valence-corrected chi connectivity index (χ0v) is 13.2. The van der Waals surface area contributed by atoms with Crippen LogP contribution in [0.4, 0.5) is 0 Å². The second-order valence-electron chi connectivity index (χ2n) is 4.08. The molecule has 1 fully saturated rings. The molecule has 0 atom stereocenters. The molecular weight excluding hydrogens is 370 g/mol. The van der Waals surface area contributed by atoms with E-state index in [1.807, 2.05) is 12.1 Å². The third-order valence-electron chi connectivity index (χ3n) is 2.88. The molecule has 0 radical (unpaired) electrons. The van der Waals surface area contributed by atoms with Gasteiger partial charge >= 0.3 is 0 Å². The second kappa shape index (κ2) is 5.82. The van der Waals surface area contributed by atoms with Crippen LogP contribution >= 0.6 is 43.2 Å². The molecule has 1 N–H and O–H groups in total. The van der Waals surface area contributed by atoms with Crippen molar-refractivity contribution >= 4 is 49.1 Å². The van der Waals surface area contributed by atoms with Gasteiger partial charge in [0.2, 0.25) is 0 Å². The lowest BCUT2D eigenvalue weighted by molar-refractivity contribution is 0.0443. The smallest absolute Gasteiger partial charge is 0.261 e. The molecule has 17 heavy (non-hydrogen) atoms. The minimum absolute atomic E-state index is 0.00190. The van der Waals surface area contributed by atoms with Gasteiger partial charge in [-0.2, -0.15) is 0 Å². The van der Waals surface area contributed by atoms with Crippen LogP contribution in [-0.4, -0.2) is 30.0 Å². The van der Waals surface area contributed by atoms with Gasteiger partial charge in [-0.15, -0.1) is 11.3 Å². The van der Waals surface area contributed by atoms with E-state index < -0.39 is 0 Å². The average Bonchev–Trinajstić information content (AvgIpc) is 2.77. The number of rotatable bonds is 3. The van der Waals surface area contributed by atoms with Crippen LogP contribution in [0.1, 0.15) is 22.5 Å². The number of thiophene rings is 1. The Morgan fingerprint density at radius 1 is 1.47 bits per heavy atom. The van der Waals surface area contributed by atoms with Crippen molar-refractivity contribution in [2.75, 3.05) is 18.5 Å². The lowest BCUT2D eigenvalue weighted by Gasteiger charge is -2.36. The molecule has 1 saturated heterocycles. The molecule has 2 heterocycles. The number of carbonyl (C=O) groups is 1. The summed E-state index contributed by atoms with van der Waals surface area (Å²) < 4.78 is 6.32. The summed E-state index contributed by atoms with van der Waals surface area (Å²) in [4.78, 5) is 12.8. The second-order valence-corrected chi connectivity index (χ2v) is 7.11. The summed E-state index contributed by atoms with van der Waals surface area (Å²) in [5.74, 6) is 0.00190. The van der Waals surface area contributed by atoms with Crippen molar-refractivity contribution in [1.82, 2.24) is 5.32 Å². The lowest BCUT2D eigenvalue weighted by atomic mass is 9.92. The summed E-state index contributed by atoms with van der Waals surface area (Å²) in [6.45, 7) is 1.42. The minimum atomic E-state index is -0.161. The summed E-state index contributed by atoms with van der Waals surface area (Å²) in [6, 6.07) is 3.73. The molecule has 2 rings (SSSR count). The van der Waals surface area contributed by atoms with Gasteiger partial charge in [0.15, 0.2) is 0 Å². The van der Waals surface area contributed by atoms with E-state index in [-0.39, 0.29) is 11.4 Å². The van der Waals surface area contributed by atoms with Crippen LogP contribution in [0.5, 0.6) is 0 Å². The van der Waals surface area contributed by atoms with Gasteiger partial charge < -0.3 is 10.1 Å². The van der Waals surface area contributed by atoms with E-state index in [4.69, 9.17) is 4.74 Å². The lowest BCUT2D eigenvalue weighted by Crippen LogP contribution is -2.53. The average molecular weight is 383 g/mol. The number of carbonyl (C=O) groups excluding carboxylic acids is 1. The van der Waals surface area contributed by atoms with Crippen molar-refractivity contribution in [2.24, 2.45) is 0 Å². The summed E-state index contributed by atoms with van der Waals surface area (Å²) in [7, 11) is 0. The van der Waals surface area contributed by atoms with Gasteiger partial charge in [0.25, 0.3) is 5.91 Å². The highest BCUT2D eigenvalue weighted by Crippen LogP contribution is 2.26. The van der Waals surface area contributed by atoms with Crippen LogP contribution < -0.4 is 5.32 Å². The molecule has 1 aliphatic rings. The fourth-order valence-corrected chi connectivity index (χ4v) is 3.78. The van der Waals surface area contributed by atoms with Gasteiger partial charge in [-0.1, -0.05) is 15.9 Å². The van der Waals surface area contributed by atoms with Crippen molar-refractivity contribution in [3.05, 3.63) is 20.8 Å². The van der Waals surface area contributed by atoms with Gasteiger partial charge in [0.1, 0.15) is 0 Å². The molecule has 0 spiro atoms. The summed E-state index contributed by atoms with van der Waals surface area (Å²) in [5, 5.41) is 3.90. The number of ether oxygens (including phenoxy) is 1. The zero-order chi connectivity index (χ0) is 12.3. The van der Waals surface area contributed by atoms with Gasteiger partial charge in [0, 0.05) is 18.5 Å². The number of hydrogen-bond acceptors (Lipinski definition) is 3. The Morgan fingerprint density at radius 2 is 2.18 bits per heavy atom. The molecule has 94 valence electrons. The Bertz CT molecular complexity index is 402. The topological polar surface area (TPSA) is 38.3 Å². The molecule has 6 heteroatoms. The van der Waals surface area contributed by atoms with Crippen molar-refractivity contribution in [2.45, 2.75) is 18.4 Å². The number of alkyl halides is 1. The van der Waals surface area contributed by atoms with Crippen molar-refractivity contribution in [3.63, 3.8) is 0 Å². The van der Waals surface area contributed by atoms with Crippen molar-refractivity contribution in [1.29, 1.82) is 0 Å². The molecule has 1 amide bonds. The minimum Gasteiger partial charge on any atom is -0.381 e. The molecule has 1 aromatic heterocycles. The highest BCUT2D eigenvalue weighted by molar-refractivity contribution is 9.11. The molecule has 3 nitrogen and oxygen atoms in total. The first-order valence-corrected chi connectivity index (χ1v) is 8.10. The maximum Gasteiger partial charge on any atom is 0.261 e. The Hall–Kier alpha value is 0.0900. The van der Waals surface area contributed by atoms with Gasteiger partial charge in [-0.3, -0.25) is 4.79 Å². The first kappa shape index (κ1) is 13.5. The van der Waals surface area contributed by atoms with E-state index >= 15 is 0 Å². The monoisotopic (exact) mass is 381 g/mol. The van der Waals surface area contributed by atoms with Crippen molar-refractivity contribution in [3.8, 4) is 0 Å². The van der Waals surface area contributed by atoms with Crippen LogP contribution in [0, 0.1) is 0 Å². The predicted molar refractivity (Wildman–Crippen MR) is 76.1 cm³/mol. The first-order valence-electron chi connectivity index (χ1n) is 5.37. The fraction of sp³-hybridized carbons (Fsp3) is 0.545. The van der Waals surface area contributed by atoms with E-state index in [2.05, 4.69) is 37.2 Å². The summed E-state index contributed by atoms with van der Waals surface area (Å²) in [5.41, 5.74) is -0.161. The molecule has 0 bridgehead atoms.